The maximum absolute atomic E-state index is 13.0. The van der Waals surface area contributed by atoms with E-state index in [1.54, 1.807) is 10.9 Å². The Morgan fingerprint density at radius 2 is 1.77 bits per heavy atom. The molecule has 1 aliphatic rings. The van der Waals surface area contributed by atoms with E-state index in [-0.39, 0.29) is 24.1 Å². The average Bonchev–Trinajstić information content (AvgIpc) is 3.20. The Labute approximate surface area is 182 Å². The lowest BCUT2D eigenvalue weighted by Gasteiger charge is -2.31. The molecule has 2 N–H and O–H groups in total. The van der Waals surface area contributed by atoms with Crippen LogP contribution in [0.2, 0.25) is 0 Å². The number of likely N-dealkylation sites (N-methyl/N-ethyl adjacent to an activating group) is 1. The molecule has 158 valence electrons. The number of nitrogens with zero attached hydrogens (tertiary/aromatic N) is 6. The third-order valence-corrected chi connectivity index (χ3v) is 5.18. The molecule has 0 unspecified atom stereocenters. The molecule has 0 saturated carbocycles. The largest absolute Gasteiger partial charge is 0.333 e. The molecular formula is C21H26ClN7O. The molecule has 1 fully saturated rings. The van der Waals surface area contributed by atoms with Gasteiger partial charge in [0.2, 0.25) is 5.82 Å². The van der Waals surface area contributed by atoms with Gasteiger partial charge >= 0.3 is 0 Å². The Bertz CT molecular complexity index is 993. The Morgan fingerprint density at radius 3 is 2.37 bits per heavy atom. The van der Waals surface area contributed by atoms with Gasteiger partial charge < -0.3 is 15.5 Å². The normalized spacial score (nSPS) is 14.4. The first kappa shape index (κ1) is 21.9. The molecule has 1 aliphatic heterocycles. The van der Waals surface area contributed by atoms with Crippen molar-refractivity contribution in [1.82, 2.24) is 29.5 Å². The summed E-state index contributed by atoms with van der Waals surface area (Å²) in [5, 5.41) is 4.57. The Morgan fingerprint density at radius 1 is 1.07 bits per heavy atom. The maximum atomic E-state index is 13.0. The Kier molecular flexibility index (Phi) is 6.81. The molecule has 0 bridgehead atoms. The Balaban J connectivity index is 0.00000256. The van der Waals surface area contributed by atoms with Gasteiger partial charge in [-0.25, -0.2) is 9.67 Å². The highest BCUT2D eigenvalue weighted by molar-refractivity contribution is 5.91. The zero-order valence-electron chi connectivity index (χ0n) is 17.2. The molecule has 8 nitrogen and oxygen atoms in total. The summed E-state index contributed by atoms with van der Waals surface area (Å²) in [6.45, 7) is 5.46. The molecule has 9 heteroatoms. The Hall–Kier alpha value is -2.81. The lowest BCUT2D eigenvalue weighted by Crippen LogP contribution is -2.47. The van der Waals surface area contributed by atoms with E-state index < -0.39 is 0 Å². The minimum atomic E-state index is -0.142. The van der Waals surface area contributed by atoms with E-state index >= 15 is 0 Å². The van der Waals surface area contributed by atoms with Crippen molar-refractivity contribution in [3.8, 4) is 17.1 Å². The molecule has 1 amide bonds. The number of nitrogens with two attached hydrogens (primary N) is 1. The number of carbonyl (C=O) groups is 1. The number of amides is 1. The van der Waals surface area contributed by atoms with Crippen molar-refractivity contribution in [2.75, 3.05) is 33.2 Å². The lowest BCUT2D eigenvalue weighted by atomic mass is 10.2. The number of pyridine rings is 1. The van der Waals surface area contributed by atoms with Crippen LogP contribution in [0.5, 0.6) is 0 Å². The second kappa shape index (κ2) is 9.34. The molecule has 1 aromatic carbocycles. The summed E-state index contributed by atoms with van der Waals surface area (Å²) in [4.78, 5) is 26.0. The first-order valence-electron chi connectivity index (χ1n) is 9.72. The number of piperazine rings is 1. The summed E-state index contributed by atoms with van der Waals surface area (Å²) in [6, 6.07) is 11.7. The third kappa shape index (κ3) is 4.51. The topological polar surface area (TPSA) is 93.2 Å². The van der Waals surface area contributed by atoms with Crippen LogP contribution in [0.15, 0.2) is 42.6 Å². The quantitative estimate of drug-likeness (QED) is 0.683. The van der Waals surface area contributed by atoms with Crippen LogP contribution in [0.3, 0.4) is 0 Å². The van der Waals surface area contributed by atoms with Crippen molar-refractivity contribution in [1.29, 1.82) is 0 Å². The van der Waals surface area contributed by atoms with Gasteiger partial charge in [0, 0.05) is 50.2 Å². The van der Waals surface area contributed by atoms with Gasteiger partial charge in [0.05, 0.1) is 5.69 Å². The van der Waals surface area contributed by atoms with Crippen LogP contribution in [0.1, 0.15) is 21.9 Å². The number of aromatic nitrogens is 4. The molecule has 3 aromatic rings. The van der Waals surface area contributed by atoms with Crippen LogP contribution < -0.4 is 5.73 Å². The van der Waals surface area contributed by atoms with Crippen LogP contribution in [-0.2, 0) is 6.54 Å². The second-order valence-electron chi connectivity index (χ2n) is 7.33. The second-order valence-corrected chi connectivity index (χ2v) is 7.33. The predicted molar refractivity (Wildman–Crippen MR) is 118 cm³/mol. The van der Waals surface area contributed by atoms with E-state index in [4.69, 9.17) is 5.73 Å². The van der Waals surface area contributed by atoms with Gasteiger partial charge in [0.15, 0.2) is 5.82 Å². The zero-order valence-corrected chi connectivity index (χ0v) is 18.0. The van der Waals surface area contributed by atoms with Crippen molar-refractivity contribution >= 4 is 18.3 Å². The molecule has 0 atom stereocenters. The average molecular weight is 428 g/mol. The van der Waals surface area contributed by atoms with Gasteiger partial charge in [-0.2, -0.15) is 0 Å². The van der Waals surface area contributed by atoms with Gasteiger partial charge in [-0.15, -0.1) is 17.5 Å². The summed E-state index contributed by atoms with van der Waals surface area (Å²) < 4.78 is 1.70. The van der Waals surface area contributed by atoms with Gasteiger partial charge in [0.25, 0.3) is 5.91 Å². The van der Waals surface area contributed by atoms with Crippen LogP contribution >= 0.6 is 12.4 Å². The van der Waals surface area contributed by atoms with E-state index in [1.807, 2.05) is 48.2 Å². The highest BCUT2D eigenvalue weighted by Crippen LogP contribution is 2.22. The fraction of sp³-hybridized carbons (Fsp3) is 0.333. The molecule has 30 heavy (non-hydrogen) atoms. The van der Waals surface area contributed by atoms with Gasteiger partial charge in [-0.3, -0.25) is 9.78 Å². The SMILES string of the molecule is Cc1ccc(-c2nc(C(=O)N3CCN(C)CC3)nn2-c2ccc(CN)cc2)cn1.Cl. The molecule has 1 saturated heterocycles. The van der Waals surface area contributed by atoms with Crippen molar-refractivity contribution in [2.24, 2.45) is 5.73 Å². The molecular weight excluding hydrogens is 402 g/mol. The number of rotatable bonds is 4. The van der Waals surface area contributed by atoms with Crippen LogP contribution in [0.4, 0.5) is 0 Å². The van der Waals surface area contributed by atoms with Crippen molar-refractivity contribution in [2.45, 2.75) is 13.5 Å². The fourth-order valence-electron chi connectivity index (χ4n) is 3.29. The summed E-state index contributed by atoms with van der Waals surface area (Å²) in [7, 11) is 2.06. The number of carbonyl (C=O) groups excluding carboxylic acids is 1. The van der Waals surface area contributed by atoms with E-state index in [2.05, 4.69) is 27.0 Å². The fourth-order valence-corrected chi connectivity index (χ4v) is 3.29. The first-order chi connectivity index (χ1) is 14.0. The summed E-state index contributed by atoms with van der Waals surface area (Å²) >= 11 is 0. The smallest absolute Gasteiger partial charge is 0.293 e. The number of benzene rings is 1. The van der Waals surface area contributed by atoms with Gasteiger partial charge in [-0.05, 0) is 43.8 Å². The van der Waals surface area contributed by atoms with E-state index in [1.165, 1.54) is 0 Å². The molecule has 2 aromatic heterocycles. The molecule has 3 heterocycles. The van der Waals surface area contributed by atoms with E-state index in [0.29, 0.717) is 25.5 Å². The predicted octanol–water partition coefficient (Wildman–Crippen LogP) is 1.91. The number of hydrogen-bond acceptors (Lipinski definition) is 6. The monoisotopic (exact) mass is 427 g/mol. The van der Waals surface area contributed by atoms with Crippen molar-refractivity contribution in [3.05, 3.63) is 59.7 Å². The minimum Gasteiger partial charge on any atom is -0.333 e. The van der Waals surface area contributed by atoms with Gasteiger partial charge in [0.1, 0.15) is 0 Å². The number of halogens is 1. The maximum Gasteiger partial charge on any atom is 0.293 e. The summed E-state index contributed by atoms with van der Waals surface area (Å²) in [5.41, 5.74) is 9.29. The lowest BCUT2D eigenvalue weighted by molar-refractivity contribution is 0.0652. The molecule has 0 spiro atoms. The zero-order chi connectivity index (χ0) is 20.4. The van der Waals surface area contributed by atoms with Crippen molar-refractivity contribution < 1.29 is 4.79 Å². The highest BCUT2D eigenvalue weighted by atomic mass is 35.5. The molecule has 4 rings (SSSR count). The standard InChI is InChI=1S/C21H25N7O.ClH/c1-15-3-6-17(14-23-15)20-24-19(21(29)27-11-9-26(2)10-12-27)25-28(20)18-7-4-16(13-22)5-8-18;/h3-8,14H,9-13,22H2,1-2H3;1H. The van der Waals surface area contributed by atoms with Crippen LogP contribution in [-0.4, -0.2) is 68.7 Å². The van der Waals surface area contributed by atoms with Crippen LogP contribution in [0.25, 0.3) is 17.1 Å². The molecule has 0 radical (unpaired) electrons. The number of hydrogen-bond donors (Lipinski definition) is 1. The molecule has 0 aliphatic carbocycles. The summed E-state index contributed by atoms with van der Waals surface area (Å²) in [5.74, 6) is 0.653. The van der Waals surface area contributed by atoms with E-state index in [0.717, 1.165) is 35.6 Å². The van der Waals surface area contributed by atoms with Crippen molar-refractivity contribution in [3.63, 3.8) is 0 Å². The highest BCUT2D eigenvalue weighted by Gasteiger charge is 2.25. The van der Waals surface area contributed by atoms with Gasteiger partial charge in [-0.1, -0.05) is 12.1 Å². The minimum absolute atomic E-state index is 0. The third-order valence-electron chi connectivity index (χ3n) is 5.18. The first-order valence-corrected chi connectivity index (χ1v) is 9.72. The number of aryl methyl sites for hydroxylation is 1. The summed E-state index contributed by atoms with van der Waals surface area (Å²) in [6.07, 6.45) is 1.76. The van der Waals surface area contributed by atoms with E-state index in [9.17, 15) is 4.79 Å². The van der Waals surface area contributed by atoms with Crippen LogP contribution in [0, 0.1) is 6.92 Å².